The Morgan fingerprint density at radius 3 is 2.19 bits per heavy atom. The second-order valence-electron chi connectivity index (χ2n) is 7.60. The highest BCUT2D eigenvalue weighted by molar-refractivity contribution is 7.86. The minimum absolute atomic E-state index is 0.388. The van der Waals surface area contributed by atoms with Crippen molar-refractivity contribution in [1.29, 1.82) is 0 Å². The van der Waals surface area contributed by atoms with Crippen LogP contribution in [0.25, 0.3) is 0 Å². The van der Waals surface area contributed by atoms with Gasteiger partial charge in [-0.2, -0.15) is 8.42 Å². The number of carbonyl (C=O) groups is 1. The molecule has 2 bridgehead atoms. The fourth-order valence-corrected chi connectivity index (χ4v) is 4.76. The molecule has 0 aromatic carbocycles. The van der Waals surface area contributed by atoms with E-state index in [-0.39, 0.29) is 5.54 Å². The minimum Gasteiger partial charge on any atom is -0.444 e. The molecule has 1 unspecified atom stereocenters. The summed E-state index contributed by atoms with van der Waals surface area (Å²) < 4.78 is 37.5. The van der Waals surface area contributed by atoms with Gasteiger partial charge >= 0.3 is 6.09 Å². The van der Waals surface area contributed by atoms with E-state index in [1.165, 1.54) is 0 Å². The zero-order valence-electron chi connectivity index (χ0n) is 13.1. The molecular weight excluding hydrogens is 294 g/mol. The van der Waals surface area contributed by atoms with Crippen molar-refractivity contribution in [2.45, 2.75) is 76.2 Å². The fourth-order valence-electron chi connectivity index (χ4n) is 3.81. The Labute approximate surface area is 126 Å². The van der Waals surface area contributed by atoms with Crippen LogP contribution in [0.4, 0.5) is 4.79 Å². The molecule has 2 fully saturated rings. The van der Waals surface area contributed by atoms with Crippen LogP contribution < -0.4 is 5.32 Å². The first-order valence-electron chi connectivity index (χ1n) is 7.35. The van der Waals surface area contributed by atoms with Crippen LogP contribution in [-0.2, 0) is 14.9 Å². The Morgan fingerprint density at radius 2 is 1.76 bits per heavy atom. The van der Waals surface area contributed by atoms with E-state index in [2.05, 4.69) is 5.32 Å². The topological polar surface area (TPSA) is 92.7 Å². The zero-order valence-corrected chi connectivity index (χ0v) is 13.9. The van der Waals surface area contributed by atoms with Crippen molar-refractivity contribution in [1.82, 2.24) is 5.32 Å². The van der Waals surface area contributed by atoms with Crippen LogP contribution >= 0.6 is 0 Å². The van der Waals surface area contributed by atoms with Gasteiger partial charge in [-0.3, -0.25) is 4.55 Å². The lowest BCUT2D eigenvalue weighted by Gasteiger charge is -2.31. The van der Waals surface area contributed by atoms with Crippen molar-refractivity contribution in [3.05, 3.63) is 0 Å². The van der Waals surface area contributed by atoms with Crippen molar-refractivity contribution in [2.75, 3.05) is 0 Å². The van der Waals surface area contributed by atoms with Gasteiger partial charge in [0.1, 0.15) is 5.60 Å². The Morgan fingerprint density at radius 1 is 1.24 bits per heavy atom. The summed E-state index contributed by atoms with van der Waals surface area (Å²) >= 11 is 0. The number of hydrogen-bond acceptors (Lipinski definition) is 4. The van der Waals surface area contributed by atoms with Crippen LogP contribution in [0.1, 0.15) is 59.8 Å². The van der Waals surface area contributed by atoms with Crippen LogP contribution in [0.3, 0.4) is 0 Å². The number of rotatable bonds is 3. The summed E-state index contributed by atoms with van der Waals surface area (Å²) in [5.41, 5.74) is -1.37. The minimum atomic E-state index is -4.06. The number of carbonyl (C=O) groups excluding carboxylic acids is 1. The molecule has 0 aromatic rings. The second-order valence-corrected chi connectivity index (χ2v) is 9.34. The molecule has 21 heavy (non-hydrogen) atoms. The molecule has 2 aliphatic rings. The van der Waals surface area contributed by atoms with Gasteiger partial charge in [0.05, 0.1) is 5.25 Å². The molecule has 2 saturated carbocycles. The van der Waals surface area contributed by atoms with Gasteiger partial charge in [-0.15, -0.1) is 0 Å². The molecule has 2 rings (SSSR count). The molecule has 0 aliphatic heterocycles. The maximum absolute atomic E-state index is 12.0. The number of nitrogens with one attached hydrogen (secondary N) is 1. The molecule has 7 heteroatoms. The van der Waals surface area contributed by atoms with Gasteiger partial charge in [-0.25, -0.2) is 4.79 Å². The highest BCUT2D eigenvalue weighted by Crippen LogP contribution is 2.59. The number of alkyl carbamates (subject to hydrolysis) is 1. The van der Waals surface area contributed by atoms with E-state index >= 15 is 0 Å². The third-order valence-corrected chi connectivity index (χ3v) is 6.36. The maximum atomic E-state index is 12.0. The predicted octanol–water partition coefficient (Wildman–Crippen LogP) is 2.49. The average molecular weight is 319 g/mol. The lowest BCUT2D eigenvalue weighted by molar-refractivity contribution is 0.0458. The van der Waals surface area contributed by atoms with Gasteiger partial charge in [-0.1, -0.05) is 0 Å². The quantitative estimate of drug-likeness (QED) is 0.780. The highest BCUT2D eigenvalue weighted by atomic mass is 32.2. The van der Waals surface area contributed by atoms with E-state index in [0.29, 0.717) is 19.3 Å². The van der Waals surface area contributed by atoms with Crippen molar-refractivity contribution < 1.29 is 22.5 Å². The fraction of sp³-hybridized carbons (Fsp3) is 0.929. The van der Waals surface area contributed by atoms with Crippen LogP contribution in [0, 0.1) is 5.41 Å². The summed E-state index contributed by atoms with van der Waals surface area (Å²) in [5.74, 6) is 0. The van der Waals surface area contributed by atoms with Gasteiger partial charge < -0.3 is 10.1 Å². The maximum Gasteiger partial charge on any atom is 0.408 e. The van der Waals surface area contributed by atoms with E-state index in [1.807, 2.05) is 0 Å². The molecule has 0 spiro atoms. The lowest BCUT2D eigenvalue weighted by atomic mass is 9.81. The smallest absolute Gasteiger partial charge is 0.408 e. The van der Waals surface area contributed by atoms with Crippen LogP contribution in [0.5, 0.6) is 0 Å². The second kappa shape index (κ2) is 4.84. The number of hydrogen-bond donors (Lipinski definition) is 2. The first-order chi connectivity index (χ1) is 9.38. The van der Waals surface area contributed by atoms with E-state index in [4.69, 9.17) is 4.74 Å². The Hall–Kier alpha value is -0.820. The molecule has 1 atom stereocenters. The van der Waals surface area contributed by atoms with E-state index in [9.17, 15) is 17.8 Å². The normalized spacial score (nSPS) is 33.8. The SMILES string of the molecule is CC(C12CCC(NC(=O)OC(C)(C)C)(CC1)C2)S(=O)(=O)O. The van der Waals surface area contributed by atoms with Crippen molar-refractivity contribution in [2.24, 2.45) is 5.41 Å². The molecule has 2 N–H and O–H groups in total. The van der Waals surface area contributed by atoms with E-state index in [1.54, 1.807) is 27.7 Å². The third-order valence-electron chi connectivity index (χ3n) is 4.97. The van der Waals surface area contributed by atoms with E-state index < -0.39 is 32.5 Å². The van der Waals surface area contributed by atoms with Gasteiger partial charge in [0.2, 0.25) is 0 Å². The summed E-state index contributed by atoms with van der Waals surface area (Å²) in [5, 5.41) is 2.14. The lowest BCUT2D eigenvalue weighted by Crippen LogP contribution is -2.47. The van der Waals surface area contributed by atoms with E-state index in [0.717, 1.165) is 12.8 Å². The number of fused-ring (bicyclic) bond motifs is 2. The van der Waals surface area contributed by atoms with Gasteiger partial charge in [0.25, 0.3) is 10.1 Å². The van der Waals surface area contributed by atoms with Gasteiger partial charge in [0.15, 0.2) is 0 Å². The highest BCUT2D eigenvalue weighted by Gasteiger charge is 2.59. The molecule has 0 heterocycles. The largest absolute Gasteiger partial charge is 0.444 e. The predicted molar refractivity (Wildman–Crippen MR) is 78.6 cm³/mol. The van der Waals surface area contributed by atoms with Crippen molar-refractivity contribution in [3.63, 3.8) is 0 Å². The summed E-state index contributed by atoms with van der Waals surface area (Å²) in [6, 6.07) is 0. The summed E-state index contributed by atoms with van der Waals surface area (Å²) in [6.07, 6.45) is 2.98. The van der Waals surface area contributed by atoms with Gasteiger partial charge in [0, 0.05) is 5.54 Å². The van der Waals surface area contributed by atoms with Crippen LogP contribution in [-0.4, -0.2) is 35.5 Å². The molecule has 6 nitrogen and oxygen atoms in total. The molecule has 0 saturated heterocycles. The average Bonchev–Trinajstić information content (AvgIpc) is 2.80. The first kappa shape index (κ1) is 16.5. The molecular formula is C14H25NO5S. The molecule has 122 valence electrons. The van der Waals surface area contributed by atoms with Crippen LogP contribution in [0.15, 0.2) is 0 Å². The van der Waals surface area contributed by atoms with Crippen LogP contribution in [0.2, 0.25) is 0 Å². The first-order valence-corrected chi connectivity index (χ1v) is 8.85. The van der Waals surface area contributed by atoms with Crippen molar-refractivity contribution in [3.8, 4) is 0 Å². The number of ether oxygens (including phenoxy) is 1. The standard InChI is InChI=1S/C14H25NO5S/c1-10(21(17,18)19)13-5-7-14(9-13,8-6-13)15-11(16)20-12(2,3)4/h10H,5-9H2,1-4H3,(H,15,16)(H,17,18,19). The monoisotopic (exact) mass is 319 g/mol. The molecule has 1 amide bonds. The Bertz CT molecular complexity index is 526. The molecule has 2 aliphatic carbocycles. The zero-order chi connectivity index (χ0) is 16.1. The number of amides is 1. The Kier molecular flexibility index (Phi) is 3.82. The summed E-state index contributed by atoms with van der Waals surface area (Å²) in [6.45, 7) is 6.97. The summed E-state index contributed by atoms with van der Waals surface area (Å²) in [7, 11) is -4.06. The van der Waals surface area contributed by atoms with Gasteiger partial charge in [-0.05, 0) is 65.2 Å². The molecule has 0 aromatic heterocycles. The van der Waals surface area contributed by atoms with Crippen molar-refractivity contribution >= 4 is 16.2 Å². The third kappa shape index (κ3) is 3.34. The summed E-state index contributed by atoms with van der Waals surface area (Å²) in [4.78, 5) is 12.0. The molecule has 0 radical (unpaired) electrons. The Balaban J connectivity index is 2.08.